The number of aliphatic imine (C=N–C) groups is 1. The van der Waals surface area contributed by atoms with Gasteiger partial charge in [-0.3, -0.25) is 9.89 Å². The van der Waals surface area contributed by atoms with Crippen molar-refractivity contribution in [3.8, 4) is 0 Å². The molecule has 2 unspecified atom stereocenters. The van der Waals surface area contributed by atoms with E-state index in [0.717, 1.165) is 37.2 Å². The van der Waals surface area contributed by atoms with Crippen LogP contribution in [0.5, 0.6) is 0 Å². The minimum Gasteiger partial charge on any atom is -0.352 e. The molecule has 2 fully saturated rings. The van der Waals surface area contributed by atoms with Crippen LogP contribution in [-0.4, -0.2) is 48.1 Å². The van der Waals surface area contributed by atoms with Crippen LogP contribution in [0.1, 0.15) is 37.4 Å². The molecule has 0 radical (unpaired) electrons. The molecule has 1 saturated carbocycles. The summed E-state index contributed by atoms with van der Waals surface area (Å²) in [5, 5.41) is 10.3. The lowest BCUT2D eigenvalue weighted by molar-refractivity contribution is 0.315. The lowest BCUT2D eigenvalue weighted by Gasteiger charge is -2.20. The van der Waals surface area contributed by atoms with E-state index >= 15 is 0 Å². The summed E-state index contributed by atoms with van der Waals surface area (Å²) in [7, 11) is 1.84. The Labute approximate surface area is 160 Å². The Kier molecular flexibility index (Phi) is 7.09. The zero-order chi connectivity index (χ0) is 15.5. The van der Waals surface area contributed by atoms with E-state index in [0.29, 0.717) is 12.0 Å². The van der Waals surface area contributed by atoms with E-state index < -0.39 is 0 Å². The van der Waals surface area contributed by atoms with Crippen LogP contribution in [-0.2, 0) is 13.0 Å². The van der Waals surface area contributed by atoms with Gasteiger partial charge in [-0.05, 0) is 25.2 Å². The first-order valence-electron chi connectivity index (χ1n) is 8.34. The minimum atomic E-state index is 0. The summed E-state index contributed by atoms with van der Waals surface area (Å²) < 4.78 is 0. The Morgan fingerprint density at radius 3 is 2.83 bits per heavy atom. The Morgan fingerprint density at radius 1 is 1.43 bits per heavy atom. The number of aryl methyl sites for hydroxylation is 1. The monoisotopic (exact) mass is 449 g/mol. The molecule has 0 amide bonds. The first kappa shape index (κ1) is 18.9. The maximum atomic E-state index is 4.59. The molecule has 1 aliphatic carbocycles. The van der Waals surface area contributed by atoms with E-state index in [1.807, 2.05) is 7.05 Å². The van der Waals surface area contributed by atoms with Gasteiger partial charge in [0.25, 0.3) is 0 Å². The average molecular weight is 449 g/mol. The second-order valence-corrected chi connectivity index (χ2v) is 7.37. The molecule has 7 heteroatoms. The fourth-order valence-corrected chi connectivity index (χ4v) is 3.81. The zero-order valence-electron chi connectivity index (χ0n) is 14.2. The third-order valence-corrected chi connectivity index (χ3v) is 5.63. The van der Waals surface area contributed by atoms with Crippen molar-refractivity contribution in [2.45, 2.75) is 51.7 Å². The van der Waals surface area contributed by atoms with Crippen molar-refractivity contribution in [3.05, 3.63) is 16.1 Å². The summed E-state index contributed by atoms with van der Waals surface area (Å²) in [6.45, 7) is 7.57. The van der Waals surface area contributed by atoms with E-state index in [1.54, 1.807) is 11.3 Å². The van der Waals surface area contributed by atoms with Gasteiger partial charge in [-0.1, -0.05) is 13.8 Å². The number of nitrogens with zero attached hydrogens (tertiary/aromatic N) is 3. The maximum Gasteiger partial charge on any atom is 0.191 e. The largest absolute Gasteiger partial charge is 0.352 e. The smallest absolute Gasteiger partial charge is 0.191 e. The summed E-state index contributed by atoms with van der Waals surface area (Å²) in [6, 6.07) is 1.35. The first-order valence-corrected chi connectivity index (χ1v) is 9.22. The first-order chi connectivity index (χ1) is 10.7. The van der Waals surface area contributed by atoms with Gasteiger partial charge in [0.2, 0.25) is 0 Å². The normalized spacial score (nSPS) is 25.3. The highest BCUT2D eigenvalue weighted by molar-refractivity contribution is 14.0. The van der Waals surface area contributed by atoms with Crippen LogP contribution in [0, 0.1) is 5.92 Å². The van der Waals surface area contributed by atoms with Crippen LogP contribution in [0.25, 0.3) is 0 Å². The molecule has 1 saturated heterocycles. The number of hydrogen-bond acceptors (Lipinski definition) is 4. The molecule has 0 spiro atoms. The minimum absolute atomic E-state index is 0. The van der Waals surface area contributed by atoms with E-state index in [9.17, 15) is 0 Å². The highest BCUT2D eigenvalue weighted by Gasteiger charge is 2.38. The number of hydrogen-bond donors (Lipinski definition) is 2. The lowest BCUT2D eigenvalue weighted by atomic mass is 10.1. The van der Waals surface area contributed by atoms with Crippen molar-refractivity contribution in [1.82, 2.24) is 20.5 Å². The van der Waals surface area contributed by atoms with E-state index in [-0.39, 0.29) is 24.0 Å². The van der Waals surface area contributed by atoms with E-state index in [1.165, 1.54) is 24.4 Å². The Morgan fingerprint density at radius 2 is 2.22 bits per heavy atom. The van der Waals surface area contributed by atoms with E-state index in [4.69, 9.17) is 0 Å². The van der Waals surface area contributed by atoms with Gasteiger partial charge < -0.3 is 10.6 Å². The molecule has 130 valence electrons. The molecule has 2 N–H and O–H groups in total. The van der Waals surface area contributed by atoms with Gasteiger partial charge >= 0.3 is 0 Å². The van der Waals surface area contributed by atoms with E-state index in [2.05, 4.69) is 44.7 Å². The summed E-state index contributed by atoms with van der Waals surface area (Å²) in [4.78, 5) is 11.6. The third-order valence-electron chi connectivity index (χ3n) is 4.59. The SMILES string of the molecule is CCc1nc(CNC(=NC)NC2CN(C3CC3)CC2C)cs1.I. The van der Waals surface area contributed by atoms with Gasteiger partial charge in [0.05, 0.1) is 17.2 Å². The second kappa shape index (κ2) is 8.62. The molecule has 0 aromatic carbocycles. The fraction of sp³-hybridized carbons (Fsp3) is 0.750. The number of nitrogens with one attached hydrogen (secondary N) is 2. The Balaban J connectivity index is 0.00000192. The van der Waals surface area contributed by atoms with Crippen LogP contribution in [0.4, 0.5) is 0 Å². The van der Waals surface area contributed by atoms with Crippen molar-refractivity contribution >= 4 is 41.3 Å². The van der Waals surface area contributed by atoms with Crippen molar-refractivity contribution in [3.63, 3.8) is 0 Å². The van der Waals surface area contributed by atoms with Crippen molar-refractivity contribution in [1.29, 1.82) is 0 Å². The molecular weight excluding hydrogens is 421 g/mol. The number of halogens is 1. The molecule has 1 aliphatic heterocycles. The molecule has 3 rings (SSSR count). The second-order valence-electron chi connectivity index (χ2n) is 6.43. The van der Waals surface area contributed by atoms with Crippen LogP contribution in [0.3, 0.4) is 0 Å². The van der Waals surface area contributed by atoms with Crippen LogP contribution in [0.15, 0.2) is 10.4 Å². The average Bonchev–Trinajstić information content (AvgIpc) is 3.17. The molecule has 2 heterocycles. The highest BCUT2D eigenvalue weighted by Crippen LogP contribution is 2.31. The zero-order valence-corrected chi connectivity index (χ0v) is 17.4. The number of rotatable bonds is 5. The summed E-state index contributed by atoms with van der Waals surface area (Å²) in [6.07, 6.45) is 3.78. The molecule has 2 aliphatic rings. The molecule has 1 aromatic heterocycles. The molecule has 2 atom stereocenters. The van der Waals surface area contributed by atoms with Crippen LogP contribution < -0.4 is 10.6 Å². The Hall–Kier alpha value is -0.410. The standard InChI is InChI=1S/C16H27N5S.HI/c1-4-15-19-12(10-22-15)7-18-16(17-3)20-14-9-21(8-11(14)2)13-5-6-13;/h10-11,13-14H,4-9H2,1-3H3,(H2,17,18,20);1H. The molecule has 0 bridgehead atoms. The summed E-state index contributed by atoms with van der Waals surface area (Å²) in [5.41, 5.74) is 1.10. The van der Waals surface area contributed by atoms with Gasteiger partial charge in [-0.25, -0.2) is 4.98 Å². The number of likely N-dealkylation sites (tertiary alicyclic amines) is 1. The number of guanidine groups is 1. The topological polar surface area (TPSA) is 52.6 Å². The summed E-state index contributed by atoms with van der Waals surface area (Å²) in [5.74, 6) is 1.56. The molecule has 1 aromatic rings. The van der Waals surface area contributed by atoms with Crippen molar-refractivity contribution in [2.24, 2.45) is 10.9 Å². The number of aromatic nitrogens is 1. The van der Waals surface area contributed by atoms with Gasteiger partial charge in [0.15, 0.2) is 5.96 Å². The fourth-order valence-electron chi connectivity index (χ4n) is 3.07. The Bertz CT molecular complexity index is 528. The predicted molar refractivity (Wildman–Crippen MR) is 108 cm³/mol. The van der Waals surface area contributed by atoms with Gasteiger partial charge in [-0.2, -0.15) is 0 Å². The molecule has 23 heavy (non-hydrogen) atoms. The van der Waals surface area contributed by atoms with Gasteiger partial charge in [-0.15, -0.1) is 35.3 Å². The molecule has 5 nitrogen and oxygen atoms in total. The summed E-state index contributed by atoms with van der Waals surface area (Å²) >= 11 is 1.73. The number of thiazole rings is 1. The van der Waals surface area contributed by atoms with Gasteiger partial charge in [0, 0.05) is 37.6 Å². The quantitative estimate of drug-likeness (QED) is 0.412. The molecular formula is C16H28IN5S. The van der Waals surface area contributed by atoms with Crippen LogP contribution in [0.2, 0.25) is 0 Å². The highest BCUT2D eigenvalue weighted by atomic mass is 127. The predicted octanol–water partition coefficient (Wildman–Crippen LogP) is 2.47. The maximum absolute atomic E-state index is 4.59. The van der Waals surface area contributed by atoms with Crippen molar-refractivity contribution < 1.29 is 0 Å². The van der Waals surface area contributed by atoms with Crippen LogP contribution >= 0.6 is 35.3 Å². The van der Waals surface area contributed by atoms with Gasteiger partial charge in [0.1, 0.15) is 0 Å². The third kappa shape index (κ3) is 5.03. The lowest BCUT2D eigenvalue weighted by Crippen LogP contribution is -2.46. The van der Waals surface area contributed by atoms with Crippen molar-refractivity contribution in [2.75, 3.05) is 20.1 Å².